The van der Waals surface area contributed by atoms with E-state index in [4.69, 9.17) is 4.52 Å². The first-order valence-electron chi connectivity index (χ1n) is 7.84. The van der Waals surface area contributed by atoms with Gasteiger partial charge in [-0.05, 0) is 57.8 Å². The van der Waals surface area contributed by atoms with Crippen LogP contribution in [0.15, 0.2) is 4.52 Å². The molecule has 1 N–H and O–H groups in total. The van der Waals surface area contributed by atoms with E-state index in [1.54, 1.807) is 0 Å². The predicted octanol–water partition coefficient (Wildman–Crippen LogP) is 3.88. The molecule has 2 saturated carbocycles. The van der Waals surface area contributed by atoms with Gasteiger partial charge in [0, 0.05) is 18.2 Å². The van der Waals surface area contributed by atoms with E-state index in [9.17, 15) is 0 Å². The standard InChI is InChI=1S/C16H26N2O/c1-12-15(13(2)19-18-12)11-17-14-5-9-16(10-6-14)7-3-4-8-16/h14,17H,3-11H2,1-2H3. The van der Waals surface area contributed by atoms with Crippen LogP contribution in [0.3, 0.4) is 0 Å². The molecule has 0 bridgehead atoms. The lowest BCUT2D eigenvalue weighted by molar-refractivity contribution is 0.168. The zero-order valence-electron chi connectivity index (χ0n) is 12.3. The summed E-state index contributed by atoms with van der Waals surface area (Å²) in [4.78, 5) is 0. The van der Waals surface area contributed by atoms with Crippen LogP contribution in [0.4, 0.5) is 0 Å². The molecular formula is C16H26N2O. The number of aryl methyl sites for hydroxylation is 2. The number of hydrogen-bond acceptors (Lipinski definition) is 3. The molecule has 2 fully saturated rings. The summed E-state index contributed by atoms with van der Waals surface area (Å²) in [5.74, 6) is 0.966. The van der Waals surface area contributed by atoms with Crippen molar-refractivity contribution in [2.24, 2.45) is 5.41 Å². The molecule has 3 nitrogen and oxygen atoms in total. The predicted molar refractivity (Wildman–Crippen MR) is 76.0 cm³/mol. The Balaban J connectivity index is 1.50. The summed E-state index contributed by atoms with van der Waals surface area (Å²) in [6.45, 7) is 4.95. The molecule has 0 amide bonds. The third kappa shape index (κ3) is 2.71. The van der Waals surface area contributed by atoms with E-state index in [0.717, 1.165) is 23.4 Å². The van der Waals surface area contributed by atoms with Gasteiger partial charge in [0.15, 0.2) is 0 Å². The van der Waals surface area contributed by atoms with Gasteiger partial charge in [-0.25, -0.2) is 0 Å². The molecule has 2 aliphatic rings. The Labute approximate surface area is 116 Å². The Morgan fingerprint density at radius 2 is 1.84 bits per heavy atom. The maximum Gasteiger partial charge on any atom is 0.138 e. The van der Waals surface area contributed by atoms with Gasteiger partial charge < -0.3 is 9.84 Å². The number of hydrogen-bond donors (Lipinski definition) is 1. The average molecular weight is 262 g/mol. The fourth-order valence-electron chi connectivity index (χ4n) is 4.06. The highest BCUT2D eigenvalue weighted by Crippen LogP contribution is 2.48. The average Bonchev–Trinajstić information content (AvgIpc) is 2.99. The second kappa shape index (κ2) is 5.28. The van der Waals surface area contributed by atoms with Crippen molar-refractivity contribution in [3.63, 3.8) is 0 Å². The highest BCUT2D eigenvalue weighted by atomic mass is 16.5. The summed E-state index contributed by atoms with van der Waals surface area (Å²) in [6.07, 6.45) is 11.5. The molecule has 1 heterocycles. The van der Waals surface area contributed by atoms with Crippen molar-refractivity contribution in [3.05, 3.63) is 17.0 Å². The van der Waals surface area contributed by atoms with Crippen LogP contribution in [0.5, 0.6) is 0 Å². The van der Waals surface area contributed by atoms with Gasteiger partial charge in [-0.3, -0.25) is 0 Å². The third-order valence-electron chi connectivity index (χ3n) is 5.46. The topological polar surface area (TPSA) is 38.1 Å². The molecule has 106 valence electrons. The van der Waals surface area contributed by atoms with Crippen LogP contribution in [0, 0.1) is 19.3 Å². The Morgan fingerprint density at radius 3 is 2.42 bits per heavy atom. The summed E-state index contributed by atoms with van der Waals surface area (Å²) in [7, 11) is 0. The van der Waals surface area contributed by atoms with Crippen LogP contribution in [0.1, 0.15) is 68.4 Å². The SMILES string of the molecule is Cc1noc(C)c1CNC1CCC2(CCCC2)CC1. The van der Waals surface area contributed by atoms with Gasteiger partial charge in [-0.15, -0.1) is 0 Å². The lowest BCUT2D eigenvalue weighted by Gasteiger charge is -2.37. The first-order chi connectivity index (χ1) is 9.19. The van der Waals surface area contributed by atoms with E-state index in [1.165, 1.54) is 56.9 Å². The number of rotatable bonds is 3. The van der Waals surface area contributed by atoms with Crippen molar-refractivity contribution >= 4 is 0 Å². The maximum atomic E-state index is 5.22. The van der Waals surface area contributed by atoms with Crippen LogP contribution in [-0.4, -0.2) is 11.2 Å². The minimum Gasteiger partial charge on any atom is -0.361 e. The summed E-state index contributed by atoms with van der Waals surface area (Å²) in [5.41, 5.74) is 3.02. The van der Waals surface area contributed by atoms with E-state index < -0.39 is 0 Å². The highest BCUT2D eigenvalue weighted by molar-refractivity contribution is 5.20. The van der Waals surface area contributed by atoms with Crippen molar-refractivity contribution in [2.45, 2.75) is 77.8 Å². The molecule has 1 aromatic rings. The minimum atomic E-state index is 0.694. The molecule has 2 aliphatic carbocycles. The van der Waals surface area contributed by atoms with Crippen LogP contribution in [0.2, 0.25) is 0 Å². The van der Waals surface area contributed by atoms with Crippen molar-refractivity contribution in [3.8, 4) is 0 Å². The maximum absolute atomic E-state index is 5.22. The monoisotopic (exact) mass is 262 g/mol. The first kappa shape index (κ1) is 13.2. The van der Waals surface area contributed by atoms with E-state index in [2.05, 4.69) is 10.5 Å². The van der Waals surface area contributed by atoms with Crippen molar-refractivity contribution in [1.29, 1.82) is 0 Å². The van der Waals surface area contributed by atoms with Gasteiger partial charge in [-0.1, -0.05) is 18.0 Å². The van der Waals surface area contributed by atoms with E-state index in [-0.39, 0.29) is 0 Å². The second-order valence-electron chi connectivity index (χ2n) is 6.67. The molecule has 0 atom stereocenters. The summed E-state index contributed by atoms with van der Waals surface area (Å²) < 4.78 is 5.22. The first-order valence-corrected chi connectivity index (χ1v) is 7.84. The van der Waals surface area contributed by atoms with E-state index in [1.807, 2.05) is 13.8 Å². The Hall–Kier alpha value is -0.830. The van der Waals surface area contributed by atoms with Crippen LogP contribution in [0.25, 0.3) is 0 Å². The fraction of sp³-hybridized carbons (Fsp3) is 0.812. The van der Waals surface area contributed by atoms with Crippen LogP contribution >= 0.6 is 0 Å². The molecule has 0 saturated heterocycles. The molecule has 3 heteroatoms. The van der Waals surface area contributed by atoms with Gasteiger partial charge in [-0.2, -0.15) is 0 Å². The molecule has 19 heavy (non-hydrogen) atoms. The third-order valence-corrected chi connectivity index (χ3v) is 5.46. The quantitative estimate of drug-likeness (QED) is 0.898. The van der Waals surface area contributed by atoms with Gasteiger partial charge in [0.2, 0.25) is 0 Å². The van der Waals surface area contributed by atoms with Gasteiger partial charge in [0.1, 0.15) is 5.76 Å². The van der Waals surface area contributed by atoms with Crippen LogP contribution in [-0.2, 0) is 6.54 Å². The fourth-order valence-corrected chi connectivity index (χ4v) is 4.06. The Bertz CT molecular complexity index is 402. The smallest absolute Gasteiger partial charge is 0.138 e. The molecule has 0 aromatic carbocycles. The van der Waals surface area contributed by atoms with Crippen molar-refractivity contribution < 1.29 is 4.52 Å². The summed E-state index contributed by atoms with van der Waals surface area (Å²) in [5, 5.41) is 7.73. The molecule has 1 spiro atoms. The summed E-state index contributed by atoms with van der Waals surface area (Å²) in [6, 6.07) is 0.694. The van der Waals surface area contributed by atoms with Crippen molar-refractivity contribution in [1.82, 2.24) is 10.5 Å². The minimum absolute atomic E-state index is 0.694. The van der Waals surface area contributed by atoms with Crippen molar-refractivity contribution in [2.75, 3.05) is 0 Å². The summed E-state index contributed by atoms with van der Waals surface area (Å²) >= 11 is 0. The zero-order chi connectivity index (χ0) is 13.3. The zero-order valence-corrected chi connectivity index (χ0v) is 12.3. The van der Waals surface area contributed by atoms with Gasteiger partial charge in [0.25, 0.3) is 0 Å². The number of nitrogens with zero attached hydrogens (tertiary/aromatic N) is 1. The van der Waals surface area contributed by atoms with Gasteiger partial charge >= 0.3 is 0 Å². The molecule has 3 rings (SSSR count). The Kier molecular flexibility index (Phi) is 3.66. The Morgan fingerprint density at radius 1 is 1.16 bits per heavy atom. The number of aromatic nitrogens is 1. The number of nitrogens with one attached hydrogen (secondary N) is 1. The normalized spacial score (nSPS) is 23.3. The lowest BCUT2D eigenvalue weighted by Crippen LogP contribution is -2.36. The molecule has 0 aliphatic heterocycles. The molecule has 0 unspecified atom stereocenters. The van der Waals surface area contributed by atoms with E-state index in [0.29, 0.717) is 6.04 Å². The van der Waals surface area contributed by atoms with E-state index >= 15 is 0 Å². The van der Waals surface area contributed by atoms with Gasteiger partial charge in [0.05, 0.1) is 5.69 Å². The molecular weight excluding hydrogens is 236 g/mol. The lowest BCUT2D eigenvalue weighted by atomic mass is 9.71. The molecule has 0 radical (unpaired) electrons. The van der Waals surface area contributed by atoms with Crippen LogP contribution < -0.4 is 5.32 Å². The largest absolute Gasteiger partial charge is 0.361 e. The molecule has 1 aromatic heterocycles. The second-order valence-corrected chi connectivity index (χ2v) is 6.67. The highest BCUT2D eigenvalue weighted by Gasteiger charge is 2.37.